The fraction of sp³-hybridized carbons (Fsp3) is 0.200. The van der Waals surface area contributed by atoms with Gasteiger partial charge in [0.25, 0.3) is 15.9 Å². The van der Waals surface area contributed by atoms with Gasteiger partial charge in [-0.2, -0.15) is 5.10 Å². The van der Waals surface area contributed by atoms with Gasteiger partial charge in [-0.25, -0.2) is 18.2 Å². The van der Waals surface area contributed by atoms with E-state index in [1.54, 1.807) is 6.07 Å². The molecule has 0 spiro atoms. The molecule has 0 unspecified atom stereocenters. The maximum atomic E-state index is 13.8. The lowest BCUT2D eigenvalue weighted by Gasteiger charge is -2.26. The van der Waals surface area contributed by atoms with Gasteiger partial charge in [0, 0.05) is 12.1 Å². The van der Waals surface area contributed by atoms with Crippen molar-refractivity contribution in [2.75, 3.05) is 39.3 Å². The number of anilines is 1. The third kappa shape index (κ3) is 6.47. The average molecular weight is 532 g/mol. The Bertz CT molecular complexity index is 1380. The topological polar surface area (TPSA) is 116 Å². The molecule has 0 aliphatic carbocycles. The molecule has 12 heteroatoms. The highest BCUT2D eigenvalue weighted by atomic mass is 32.2. The summed E-state index contributed by atoms with van der Waals surface area (Å²) in [5.41, 5.74) is 2.89. The molecule has 3 aromatic rings. The molecule has 3 rings (SSSR count). The molecule has 3 aromatic carbocycles. The van der Waals surface area contributed by atoms with Gasteiger partial charge >= 0.3 is 0 Å². The van der Waals surface area contributed by atoms with Crippen LogP contribution in [0.5, 0.6) is 23.0 Å². The van der Waals surface area contributed by atoms with Gasteiger partial charge in [-0.15, -0.1) is 0 Å². The molecule has 0 atom stereocenters. The molecule has 0 saturated heterocycles. The molecule has 0 bridgehead atoms. The molecule has 37 heavy (non-hydrogen) atoms. The second-order valence-electron chi connectivity index (χ2n) is 7.41. The molecule has 0 heterocycles. The summed E-state index contributed by atoms with van der Waals surface area (Å²) < 4.78 is 62.7. The number of nitrogens with one attached hydrogen (secondary N) is 1. The first-order valence-corrected chi connectivity index (χ1v) is 12.2. The Kier molecular flexibility index (Phi) is 8.90. The van der Waals surface area contributed by atoms with Crippen molar-refractivity contribution >= 4 is 27.8 Å². The van der Waals surface area contributed by atoms with E-state index < -0.39 is 28.3 Å². The molecule has 1 amide bonds. The van der Waals surface area contributed by atoms with E-state index in [-0.39, 0.29) is 22.1 Å². The number of hydrogen-bond acceptors (Lipinski definition) is 8. The van der Waals surface area contributed by atoms with Crippen LogP contribution in [0.2, 0.25) is 0 Å². The summed E-state index contributed by atoms with van der Waals surface area (Å²) in [5, 5.41) is 3.84. The quantitative estimate of drug-likeness (QED) is 0.298. The number of halogens is 1. The van der Waals surface area contributed by atoms with E-state index >= 15 is 0 Å². The smallest absolute Gasteiger partial charge is 0.265 e. The van der Waals surface area contributed by atoms with Gasteiger partial charge < -0.3 is 18.9 Å². The van der Waals surface area contributed by atoms with Crippen molar-refractivity contribution in [2.24, 2.45) is 5.10 Å². The standard InChI is InChI=1S/C25H26FN3O7S/c1-33-19-9-11-22(34-2)21(13-19)29(16-25(30)28-27-15-17-5-7-18(26)8-6-17)37(31,32)20-10-12-23(35-3)24(14-20)36-4/h5-15H,16H2,1-4H3,(H,28,30)/b27-15-. The molecule has 0 aliphatic rings. The second-order valence-corrected chi connectivity index (χ2v) is 9.27. The van der Waals surface area contributed by atoms with Crippen LogP contribution >= 0.6 is 0 Å². The van der Waals surface area contributed by atoms with Crippen molar-refractivity contribution in [2.45, 2.75) is 4.90 Å². The Morgan fingerprint density at radius 2 is 1.54 bits per heavy atom. The molecule has 196 valence electrons. The summed E-state index contributed by atoms with van der Waals surface area (Å²) in [6.45, 7) is -0.652. The lowest BCUT2D eigenvalue weighted by atomic mass is 10.2. The number of ether oxygens (including phenoxy) is 4. The van der Waals surface area contributed by atoms with Crippen molar-refractivity contribution in [1.29, 1.82) is 0 Å². The maximum absolute atomic E-state index is 13.8. The monoisotopic (exact) mass is 531 g/mol. The average Bonchev–Trinajstić information content (AvgIpc) is 2.91. The van der Waals surface area contributed by atoms with E-state index in [2.05, 4.69) is 10.5 Å². The van der Waals surface area contributed by atoms with Crippen molar-refractivity contribution in [1.82, 2.24) is 5.43 Å². The minimum absolute atomic E-state index is 0.0642. The predicted octanol–water partition coefficient (Wildman–Crippen LogP) is 3.21. The number of carbonyl (C=O) groups is 1. The number of benzene rings is 3. The summed E-state index contributed by atoms with van der Waals surface area (Å²) in [4.78, 5) is 12.7. The minimum atomic E-state index is -4.34. The van der Waals surface area contributed by atoms with Gasteiger partial charge in [0.15, 0.2) is 11.5 Å². The van der Waals surface area contributed by atoms with Gasteiger partial charge in [0.2, 0.25) is 0 Å². The van der Waals surface area contributed by atoms with E-state index in [1.165, 1.54) is 89.3 Å². The fourth-order valence-corrected chi connectivity index (χ4v) is 4.73. The Labute approximate surface area is 214 Å². The van der Waals surface area contributed by atoms with E-state index in [9.17, 15) is 17.6 Å². The lowest BCUT2D eigenvalue weighted by molar-refractivity contribution is -0.119. The normalized spacial score (nSPS) is 11.2. The zero-order valence-electron chi connectivity index (χ0n) is 20.6. The Morgan fingerprint density at radius 3 is 2.16 bits per heavy atom. The van der Waals surface area contributed by atoms with E-state index in [0.717, 1.165) is 4.31 Å². The van der Waals surface area contributed by atoms with Crippen LogP contribution in [0.1, 0.15) is 5.56 Å². The molecule has 0 fully saturated rings. The number of rotatable bonds is 11. The number of carbonyl (C=O) groups excluding carboxylic acids is 1. The summed E-state index contributed by atoms with van der Waals surface area (Å²) in [6.07, 6.45) is 1.30. The first-order valence-electron chi connectivity index (χ1n) is 10.8. The molecule has 0 aliphatic heterocycles. The number of methoxy groups -OCH3 is 4. The van der Waals surface area contributed by atoms with Gasteiger partial charge in [-0.1, -0.05) is 12.1 Å². The van der Waals surface area contributed by atoms with Crippen LogP contribution in [0.25, 0.3) is 0 Å². The third-order valence-electron chi connectivity index (χ3n) is 5.16. The highest BCUT2D eigenvalue weighted by Gasteiger charge is 2.31. The van der Waals surface area contributed by atoms with Crippen LogP contribution < -0.4 is 28.7 Å². The van der Waals surface area contributed by atoms with Crippen LogP contribution in [-0.2, 0) is 14.8 Å². The van der Waals surface area contributed by atoms with Gasteiger partial charge in [0.05, 0.1) is 45.2 Å². The molecular formula is C25H26FN3O7S. The number of hydrogen-bond donors (Lipinski definition) is 1. The lowest BCUT2D eigenvalue weighted by Crippen LogP contribution is -2.39. The summed E-state index contributed by atoms with van der Waals surface area (Å²) >= 11 is 0. The van der Waals surface area contributed by atoms with Gasteiger partial charge in [-0.3, -0.25) is 9.10 Å². The molecule has 10 nitrogen and oxygen atoms in total. The van der Waals surface area contributed by atoms with Crippen LogP contribution in [0.4, 0.5) is 10.1 Å². The van der Waals surface area contributed by atoms with Crippen LogP contribution in [0.3, 0.4) is 0 Å². The molecular weight excluding hydrogens is 505 g/mol. The van der Waals surface area contributed by atoms with E-state index in [0.29, 0.717) is 17.1 Å². The zero-order chi connectivity index (χ0) is 27.0. The Balaban J connectivity index is 2.00. The fourth-order valence-electron chi connectivity index (χ4n) is 3.29. The number of hydrazone groups is 1. The van der Waals surface area contributed by atoms with Crippen molar-refractivity contribution in [3.63, 3.8) is 0 Å². The number of amides is 1. The molecule has 0 saturated carbocycles. The van der Waals surface area contributed by atoms with Crippen molar-refractivity contribution in [3.05, 3.63) is 72.0 Å². The first-order chi connectivity index (χ1) is 17.7. The van der Waals surface area contributed by atoms with Gasteiger partial charge in [0.1, 0.15) is 23.9 Å². The van der Waals surface area contributed by atoms with Crippen LogP contribution in [0.15, 0.2) is 70.7 Å². The number of nitrogens with zero attached hydrogens (tertiary/aromatic N) is 2. The molecule has 1 N–H and O–H groups in total. The van der Waals surface area contributed by atoms with E-state index in [1.807, 2.05) is 0 Å². The van der Waals surface area contributed by atoms with Gasteiger partial charge in [-0.05, 0) is 42.0 Å². The van der Waals surface area contributed by atoms with Crippen molar-refractivity contribution in [3.8, 4) is 23.0 Å². The van der Waals surface area contributed by atoms with E-state index in [4.69, 9.17) is 18.9 Å². The molecule has 0 aromatic heterocycles. The minimum Gasteiger partial charge on any atom is -0.497 e. The predicted molar refractivity (Wildman–Crippen MR) is 136 cm³/mol. The SMILES string of the molecule is COc1ccc(OC)c(N(CC(=O)N/N=C\c2ccc(F)cc2)S(=O)(=O)c2ccc(OC)c(OC)c2)c1. The van der Waals surface area contributed by atoms with Crippen molar-refractivity contribution < 1.29 is 36.6 Å². The summed E-state index contributed by atoms with van der Waals surface area (Å²) in [5.74, 6) is -0.100. The summed E-state index contributed by atoms with van der Waals surface area (Å²) in [7, 11) is 1.27. The maximum Gasteiger partial charge on any atom is 0.265 e. The molecule has 0 radical (unpaired) electrons. The highest BCUT2D eigenvalue weighted by Crippen LogP contribution is 2.37. The zero-order valence-corrected chi connectivity index (χ0v) is 21.4. The summed E-state index contributed by atoms with van der Waals surface area (Å²) in [6, 6.07) is 14.1. The van der Waals surface area contributed by atoms with Crippen LogP contribution in [0, 0.1) is 5.82 Å². The Hall–Kier alpha value is -4.32. The largest absolute Gasteiger partial charge is 0.497 e. The highest BCUT2D eigenvalue weighted by molar-refractivity contribution is 7.92. The van der Waals surface area contributed by atoms with Crippen LogP contribution in [-0.4, -0.2) is 55.5 Å². The number of sulfonamides is 1. The first kappa shape index (κ1) is 27.3. The third-order valence-corrected chi connectivity index (χ3v) is 6.91. The Morgan fingerprint density at radius 1 is 0.892 bits per heavy atom. The second kappa shape index (κ2) is 12.1.